The van der Waals surface area contributed by atoms with Gasteiger partial charge in [0, 0.05) is 29.2 Å². The predicted molar refractivity (Wildman–Crippen MR) is 167 cm³/mol. The fourth-order valence-corrected chi connectivity index (χ4v) is 8.77. The second-order valence-electron chi connectivity index (χ2n) is 14.7. The van der Waals surface area contributed by atoms with Gasteiger partial charge in [0.05, 0.1) is 12.0 Å². The summed E-state index contributed by atoms with van der Waals surface area (Å²) >= 11 is 0. The van der Waals surface area contributed by atoms with Crippen molar-refractivity contribution in [3.63, 3.8) is 0 Å². The maximum Gasteiger partial charge on any atom is 0.334 e. The highest BCUT2D eigenvalue weighted by atomic mass is 16.6. The summed E-state index contributed by atoms with van der Waals surface area (Å²) in [6, 6.07) is 0. The molecule has 1 spiro atoms. The summed E-state index contributed by atoms with van der Waals surface area (Å²) in [7, 11) is 0. The van der Waals surface area contributed by atoms with Crippen molar-refractivity contribution >= 4 is 17.7 Å². The first-order valence-corrected chi connectivity index (χ1v) is 16.6. The molecule has 0 aromatic heterocycles. The van der Waals surface area contributed by atoms with E-state index in [-0.39, 0.29) is 17.3 Å². The summed E-state index contributed by atoms with van der Waals surface area (Å²) < 4.78 is 12.3. The number of ketones is 1. The van der Waals surface area contributed by atoms with Crippen LogP contribution < -0.4 is 0 Å². The summed E-state index contributed by atoms with van der Waals surface area (Å²) in [5.74, 6) is -3.07. The fourth-order valence-electron chi connectivity index (χ4n) is 8.77. The second kappa shape index (κ2) is 12.5. The molecule has 3 N–H and O–H groups in total. The molecule has 246 valence electrons. The van der Waals surface area contributed by atoms with Crippen molar-refractivity contribution in [1.82, 2.24) is 0 Å². The minimum Gasteiger partial charge on any atom is -0.458 e. The Balaban J connectivity index is 1.69. The first-order chi connectivity index (χ1) is 20.6. The van der Waals surface area contributed by atoms with Gasteiger partial charge in [-0.1, -0.05) is 83.9 Å². The van der Waals surface area contributed by atoms with Crippen LogP contribution in [0, 0.1) is 28.6 Å². The van der Waals surface area contributed by atoms with Crippen LogP contribution in [0.2, 0.25) is 0 Å². The van der Waals surface area contributed by atoms with Crippen LogP contribution in [0.15, 0.2) is 34.4 Å². The average Bonchev–Trinajstić information content (AvgIpc) is 3.36. The fraction of sp³-hybridized carbons (Fsp3) is 0.750. The highest BCUT2D eigenvalue weighted by molar-refractivity contribution is 5.96. The zero-order valence-electron chi connectivity index (χ0n) is 28.0. The van der Waals surface area contributed by atoms with Gasteiger partial charge in [0.1, 0.15) is 11.7 Å². The van der Waals surface area contributed by atoms with Crippen molar-refractivity contribution in [2.45, 2.75) is 137 Å². The number of hydrogen-bond acceptors (Lipinski definition) is 8. The number of ether oxygens (including phenoxy) is 2. The lowest BCUT2D eigenvalue weighted by Gasteiger charge is -2.49. The smallest absolute Gasteiger partial charge is 0.334 e. The molecule has 44 heavy (non-hydrogen) atoms. The Morgan fingerprint density at radius 1 is 1.05 bits per heavy atom. The molecule has 2 unspecified atom stereocenters. The van der Waals surface area contributed by atoms with Crippen LogP contribution in [0.25, 0.3) is 0 Å². The lowest BCUT2D eigenvalue weighted by Crippen LogP contribution is -2.66. The van der Waals surface area contributed by atoms with Gasteiger partial charge >= 0.3 is 11.9 Å². The summed E-state index contributed by atoms with van der Waals surface area (Å²) in [6.07, 6.45) is 8.44. The number of carbonyl (C=O) groups is 3. The minimum absolute atomic E-state index is 0.0934. The first-order valence-electron chi connectivity index (χ1n) is 16.6. The number of hydrogen-bond donors (Lipinski definition) is 3. The topological polar surface area (TPSA) is 130 Å². The van der Waals surface area contributed by atoms with Crippen LogP contribution in [0.5, 0.6) is 0 Å². The third kappa shape index (κ3) is 5.13. The van der Waals surface area contributed by atoms with Gasteiger partial charge in [0.2, 0.25) is 0 Å². The monoisotopic (exact) mass is 614 g/mol. The van der Waals surface area contributed by atoms with Crippen molar-refractivity contribution in [2.24, 2.45) is 28.6 Å². The lowest BCUT2D eigenvalue weighted by molar-refractivity contribution is -0.203. The highest BCUT2D eigenvalue weighted by Crippen LogP contribution is 2.75. The molecule has 2 saturated carbocycles. The van der Waals surface area contributed by atoms with E-state index in [1.165, 1.54) is 19.3 Å². The van der Waals surface area contributed by atoms with E-state index in [9.17, 15) is 29.7 Å². The van der Waals surface area contributed by atoms with E-state index in [1.807, 2.05) is 20.8 Å². The Bertz CT molecular complexity index is 1250. The summed E-state index contributed by atoms with van der Waals surface area (Å²) in [5.41, 5.74) is -3.74. The van der Waals surface area contributed by atoms with E-state index in [2.05, 4.69) is 6.92 Å². The summed E-state index contributed by atoms with van der Waals surface area (Å²) in [6.45, 7) is 14.3. The number of aliphatic hydroxyl groups is 3. The van der Waals surface area contributed by atoms with E-state index in [1.54, 1.807) is 39.8 Å². The van der Waals surface area contributed by atoms with Crippen molar-refractivity contribution in [1.29, 1.82) is 0 Å². The van der Waals surface area contributed by atoms with Gasteiger partial charge in [-0.25, -0.2) is 4.79 Å². The molecule has 2 fully saturated rings. The number of esters is 2. The maximum absolute atomic E-state index is 14.8. The molecule has 4 aliphatic carbocycles. The number of fused-ring (bicyclic) bond motifs is 3. The van der Waals surface area contributed by atoms with Crippen LogP contribution in [0.1, 0.15) is 113 Å². The molecule has 0 aromatic carbocycles. The molecule has 0 heterocycles. The number of Topliss-reactive ketones (excluding diaryl/α,β-unsaturated/α-hetero) is 1. The van der Waals surface area contributed by atoms with Crippen LogP contribution in [0.3, 0.4) is 0 Å². The molecule has 0 aromatic rings. The third-order valence-electron chi connectivity index (χ3n) is 11.6. The average molecular weight is 615 g/mol. The molecule has 4 aliphatic rings. The quantitative estimate of drug-likeness (QED) is 0.113. The molecule has 0 aliphatic heterocycles. The summed E-state index contributed by atoms with van der Waals surface area (Å²) in [5, 5.41) is 34.9. The lowest BCUT2D eigenvalue weighted by atomic mass is 9.59. The van der Waals surface area contributed by atoms with Crippen molar-refractivity contribution in [3.05, 3.63) is 34.4 Å². The normalized spacial score (nSPS) is 36.6. The number of carbonyl (C=O) groups excluding carboxylic acids is 3. The molecule has 0 amide bonds. The molecule has 4 rings (SSSR count). The van der Waals surface area contributed by atoms with E-state index in [0.717, 1.165) is 31.3 Å². The van der Waals surface area contributed by atoms with Crippen LogP contribution in [0.4, 0.5) is 0 Å². The van der Waals surface area contributed by atoms with Gasteiger partial charge < -0.3 is 24.8 Å². The van der Waals surface area contributed by atoms with Crippen molar-refractivity contribution in [3.8, 4) is 0 Å². The number of aliphatic hydroxyl groups excluding tert-OH is 2. The first kappa shape index (κ1) is 34.6. The largest absolute Gasteiger partial charge is 0.458 e. The molecule has 8 atom stereocenters. The Labute approximate surface area is 263 Å². The number of rotatable bonds is 12. The van der Waals surface area contributed by atoms with E-state index < -0.39 is 64.6 Å². The molecule has 8 nitrogen and oxygen atoms in total. The molecular weight excluding hydrogens is 560 g/mol. The molecule has 0 saturated heterocycles. The van der Waals surface area contributed by atoms with E-state index in [0.29, 0.717) is 24.0 Å². The zero-order chi connectivity index (χ0) is 32.8. The van der Waals surface area contributed by atoms with Gasteiger partial charge in [-0.05, 0) is 57.6 Å². The Kier molecular flexibility index (Phi) is 9.81. The van der Waals surface area contributed by atoms with Crippen LogP contribution in [-0.4, -0.2) is 63.1 Å². The highest BCUT2D eigenvalue weighted by Gasteiger charge is 2.83. The molecule has 2 bridgehead atoms. The van der Waals surface area contributed by atoms with Crippen LogP contribution >= 0.6 is 0 Å². The number of allylic oxidation sites excluding steroid dienone is 2. The van der Waals surface area contributed by atoms with Gasteiger partial charge in [-0.15, -0.1) is 0 Å². The number of unbranched alkanes of at least 4 members (excludes halogenated alkanes) is 6. The predicted octanol–water partition coefficient (Wildman–Crippen LogP) is 5.53. The SMILES string of the molecule is CCCCCCCCCC(=O)O[C@@]12CC(C)C34C=C(C)[C@H](OC(=O)C(C)=C(C)C)[C@@]3(O)[C@H](O)C(CO)=C[C@H](C4=O)[C@@H]1C2(C)C. The molecule has 8 heteroatoms. The van der Waals surface area contributed by atoms with Crippen molar-refractivity contribution in [2.75, 3.05) is 6.61 Å². The Morgan fingerprint density at radius 3 is 2.25 bits per heavy atom. The van der Waals surface area contributed by atoms with Gasteiger partial charge in [0.15, 0.2) is 17.5 Å². The summed E-state index contributed by atoms with van der Waals surface area (Å²) in [4.78, 5) is 41.3. The van der Waals surface area contributed by atoms with Gasteiger partial charge in [-0.3, -0.25) is 9.59 Å². The Hall–Kier alpha value is -2.29. The Morgan fingerprint density at radius 2 is 1.66 bits per heavy atom. The van der Waals surface area contributed by atoms with E-state index >= 15 is 0 Å². The second-order valence-corrected chi connectivity index (χ2v) is 14.7. The minimum atomic E-state index is -2.27. The molecular formula is C36H54O8. The van der Waals surface area contributed by atoms with E-state index in [4.69, 9.17) is 9.47 Å². The van der Waals surface area contributed by atoms with Gasteiger partial charge in [-0.2, -0.15) is 0 Å². The van der Waals surface area contributed by atoms with Crippen LogP contribution in [-0.2, 0) is 23.9 Å². The molecule has 0 radical (unpaired) electrons. The van der Waals surface area contributed by atoms with Gasteiger partial charge in [0.25, 0.3) is 0 Å². The van der Waals surface area contributed by atoms with Crippen molar-refractivity contribution < 1.29 is 39.2 Å². The maximum atomic E-state index is 14.8. The standard InChI is InChI=1S/C36H54O8/c1-9-10-11-12-13-14-15-16-27(38)44-35-19-23(5)34-18-22(4)31(43-32(41)24(6)21(2)3)36(34,42)29(39)25(20-37)17-26(30(34)40)28(35)33(35,7)8/h17-18,23,26,28-29,31,37,39,42H,9-16,19-20H2,1-8H3/t23?,26-,28+,29+,31-,34?,35-,36-/m0/s1. The zero-order valence-corrected chi connectivity index (χ0v) is 28.0. The third-order valence-corrected chi connectivity index (χ3v) is 11.6.